The lowest BCUT2D eigenvalue weighted by atomic mass is 9.96. The van der Waals surface area contributed by atoms with Crippen LogP contribution in [0.15, 0.2) is 77.4 Å². The molecule has 1 aromatic heterocycles. The van der Waals surface area contributed by atoms with E-state index in [1.807, 2.05) is 66.7 Å². The van der Waals surface area contributed by atoms with Crippen LogP contribution in [0.25, 0.3) is 11.1 Å². The van der Waals surface area contributed by atoms with Crippen molar-refractivity contribution >= 4 is 17.5 Å². The lowest BCUT2D eigenvalue weighted by Gasteiger charge is -2.31. The molecule has 0 bridgehead atoms. The molecule has 28 heavy (non-hydrogen) atoms. The maximum Gasteiger partial charge on any atom is 0.290 e. The first-order chi connectivity index (χ1) is 13.7. The summed E-state index contributed by atoms with van der Waals surface area (Å²) in [7, 11) is 0. The van der Waals surface area contributed by atoms with Gasteiger partial charge in [0.05, 0.1) is 12.2 Å². The van der Waals surface area contributed by atoms with E-state index < -0.39 is 0 Å². The molecular formula is C23H22N2O3. The highest BCUT2D eigenvalue weighted by molar-refractivity contribution is 5.99. The molecule has 4 rings (SSSR count). The Kier molecular flexibility index (Phi) is 5.24. The molecule has 3 aromatic rings. The van der Waals surface area contributed by atoms with Crippen molar-refractivity contribution in [2.75, 3.05) is 18.4 Å². The third-order valence-electron chi connectivity index (χ3n) is 5.06. The minimum atomic E-state index is -0.229. The van der Waals surface area contributed by atoms with E-state index in [1.165, 1.54) is 0 Å². The van der Waals surface area contributed by atoms with E-state index in [9.17, 15) is 9.59 Å². The predicted molar refractivity (Wildman–Crippen MR) is 108 cm³/mol. The van der Waals surface area contributed by atoms with Gasteiger partial charge in [0, 0.05) is 24.3 Å². The topological polar surface area (TPSA) is 62.6 Å². The van der Waals surface area contributed by atoms with Crippen LogP contribution in [0.4, 0.5) is 5.69 Å². The van der Waals surface area contributed by atoms with Gasteiger partial charge in [0.15, 0.2) is 5.76 Å². The fourth-order valence-corrected chi connectivity index (χ4v) is 3.60. The largest absolute Gasteiger partial charge is 0.459 e. The number of benzene rings is 2. The summed E-state index contributed by atoms with van der Waals surface area (Å²) in [5.74, 6) is -0.115. The fourth-order valence-electron chi connectivity index (χ4n) is 3.60. The quantitative estimate of drug-likeness (QED) is 0.734. The molecule has 1 atom stereocenters. The van der Waals surface area contributed by atoms with Crippen LogP contribution in [0, 0.1) is 5.92 Å². The number of piperidine rings is 1. The highest BCUT2D eigenvalue weighted by Gasteiger charge is 2.31. The smallest absolute Gasteiger partial charge is 0.290 e. The number of para-hydroxylation sites is 1. The van der Waals surface area contributed by atoms with E-state index in [1.54, 1.807) is 11.2 Å². The molecular weight excluding hydrogens is 352 g/mol. The minimum absolute atomic E-state index is 0.0496. The van der Waals surface area contributed by atoms with Gasteiger partial charge in [-0.05, 0) is 36.6 Å². The van der Waals surface area contributed by atoms with Crippen molar-refractivity contribution in [1.82, 2.24) is 4.90 Å². The summed E-state index contributed by atoms with van der Waals surface area (Å²) in [5, 5.41) is 2.94. The molecule has 2 aromatic carbocycles. The Bertz CT molecular complexity index is 950. The first kappa shape index (κ1) is 18.0. The Labute approximate surface area is 164 Å². The van der Waals surface area contributed by atoms with Crippen molar-refractivity contribution in [2.45, 2.75) is 12.8 Å². The first-order valence-electron chi connectivity index (χ1n) is 9.50. The van der Waals surface area contributed by atoms with Gasteiger partial charge in [-0.2, -0.15) is 0 Å². The van der Waals surface area contributed by atoms with Crippen molar-refractivity contribution in [2.24, 2.45) is 5.92 Å². The second kappa shape index (κ2) is 8.13. The molecule has 0 saturated carbocycles. The van der Waals surface area contributed by atoms with Gasteiger partial charge in [-0.3, -0.25) is 9.59 Å². The number of rotatable bonds is 4. The number of carbonyl (C=O) groups excluding carboxylic acids is 2. The lowest BCUT2D eigenvalue weighted by Crippen LogP contribution is -2.43. The molecule has 0 spiro atoms. The molecule has 1 aliphatic heterocycles. The van der Waals surface area contributed by atoms with Gasteiger partial charge in [0.1, 0.15) is 0 Å². The fraction of sp³-hybridized carbons (Fsp3) is 0.217. The number of likely N-dealkylation sites (tertiary alicyclic amines) is 1. The van der Waals surface area contributed by atoms with E-state index in [0.29, 0.717) is 18.8 Å². The number of anilines is 1. The highest BCUT2D eigenvalue weighted by Crippen LogP contribution is 2.28. The number of carbonyl (C=O) groups is 2. The van der Waals surface area contributed by atoms with Crippen molar-refractivity contribution in [3.63, 3.8) is 0 Å². The zero-order chi connectivity index (χ0) is 19.3. The average molecular weight is 374 g/mol. The molecule has 1 aliphatic rings. The van der Waals surface area contributed by atoms with Crippen molar-refractivity contribution in [1.29, 1.82) is 0 Å². The lowest BCUT2D eigenvalue weighted by molar-refractivity contribution is -0.121. The van der Waals surface area contributed by atoms with Crippen LogP contribution < -0.4 is 5.32 Å². The van der Waals surface area contributed by atoms with Crippen LogP contribution in [0.5, 0.6) is 0 Å². The third kappa shape index (κ3) is 3.83. The zero-order valence-corrected chi connectivity index (χ0v) is 15.5. The highest BCUT2D eigenvalue weighted by atomic mass is 16.3. The van der Waals surface area contributed by atoms with E-state index in [-0.39, 0.29) is 17.7 Å². The van der Waals surface area contributed by atoms with Crippen LogP contribution in [-0.4, -0.2) is 29.8 Å². The summed E-state index contributed by atoms with van der Waals surface area (Å²) in [5.41, 5.74) is 2.49. The Morgan fingerprint density at radius 2 is 1.68 bits per heavy atom. The number of amides is 2. The summed E-state index contributed by atoms with van der Waals surface area (Å²) in [6.45, 7) is 1.02. The van der Waals surface area contributed by atoms with Crippen LogP contribution >= 0.6 is 0 Å². The molecule has 142 valence electrons. The molecule has 1 N–H and O–H groups in total. The van der Waals surface area contributed by atoms with Gasteiger partial charge in [-0.1, -0.05) is 48.5 Å². The molecule has 1 fully saturated rings. The van der Waals surface area contributed by atoms with Crippen LogP contribution in [0.2, 0.25) is 0 Å². The van der Waals surface area contributed by atoms with Gasteiger partial charge in [-0.25, -0.2) is 0 Å². The molecule has 1 unspecified atom stereocenters. The van der Waals surface area contributed by atoms with E-state index in [2.05, 4.69) is 5.32 Å². The third-order valence-corrected chi connectivity index (χ3v) is 5.06. The van der Waals surface area contributed by atoms with Crippen molar-refractivity contribution in [3.8, 4) is 11.1 Å². The monoisotopic (exact) mass is 374 g/mol. The molecule has 0 radical (unpaired) electrons. The van der Waals surface area contributed by atoms with E-state index in [4.69, 9.17) is 4.42 Å². The summed E-state index contributed by atoms with van der Waals surface area (Å²) in [6.07, 6.45) is 3.10. The molecule has 5 nitrogen and oxygen atoms in total. The van der Waals surface area contributed by atoms with E-state index in [0.717, 1.165) is 29.7 Å². The van der Waals surface area contributed by atoms with Crippen LogP contribution in [0.1, 0.15) is 23.4 Å². The SMILES string of the molecule is O=C(Nc1ccccc1)C1CCCN(C(=O)c2occc2-c2ccccc2)C1. The van der Waals surface area contributed by atoms with Crippen molar-refractivity contribution < 1.29 is 14.0 Å². The van der Waals surface area contributed by atoms with Crippen molar-refractivity contribution in [3.05, 3.63) is 78.8 Å². The standard InChI is InChI=1S/C23H22N2O3/c26-22(24-19-11-5-2-6-12-19)18-10-7-14-25(16-18)23(27)21-20(13-15-28-21)17-8-3-1-4-9-17/h1-6,8-9,11-13,15,18H,7,10,14,16H2,(H,24,26). The van der Waals surface area contributed by atoms with Crippen LogP contribution in [-0.2, 0) is 4.79 Å². The van der Waals surface area contributed by atoms with Gasteiger partial charge in [-0.15, -0.1) is 0 Å². The average Bonchev–Trinajstić information content (AvgIpc) is 3.24. The Balaban J connectivity index is 1.47. The Morgan fingerprint density at radius 3 is 2.43 bits per heavy atom. The normalized spacial score (nSPS) is 16.6. The predicted octanol–water partition coefficient (Wildman–Crippen LogP) is 4.44. The summed E-state index contributed by atoms with van der Waals surface area (Å²) < 4.78 is 5.53. The number of hydrogen-bond acceptors (Lipinski definition) is 3. The molecule has 5 heteroatoms. The molecule has 2 heterocycles. The first-order valence-corrected chi connectivity index (χ1v) is 9.50. The molecule has 2 amide bonds. The zero-order valence-electron chi connectivity index (χ0n) is 15.5. The maximum absolute atomic E-state index is 13.1. The number of nitrogens with zero attached hydrogens (tertiary/aromatic N) is 1. The van der Waals surface area contributed by atoms with Gasteiger partial charge >= 0.3 is 0 Å². The Hall–Kier alpha value is -3.34. The van der Waals surface area contributed by atoms with Gasteiger partial charge < -0.3 is 14.6 Å². The number of nitrogens with one attached hydrogen (secondary N) is 1. The maximum atomic E-state index is 13.1. The summed E-state index contributed by atoms with van der Waals surface area (Å²) in [6, 6.07) is 20.9. The van der Waals surface area contributed by atoms with Gasteiger partial charge in [0.2, 0.25) is 5.91 Å². The van der Waals surface area contributed by atoms with E-state index >= 15 is 0 Å². The molecule has 1 saturated heterocycles. The molecule has 0 aliphatic carbocycles. The van der Waals surface area contributed by atoms with Gasteiger partial charge in [0.25, 0.3) is 5.91 Å². The minimum Gasteiger partial charge on any atom is -0.459 e. The number of furan rings is 1. The van der Waals surface area contributed by atoms with Crippen LogP contribution in [0.3, 0.4) is 0 Å². The summed E-state index contributed by atoms with van der Waals surface area (Å²) >= 11 is 0. The summed E-state index contributed by atoms with van der Waals surface area (Å²) in [4.78, 5) is 27.4. The second-order valence-corrected chi connectivity index (χ2v) is 6.98. The Morgan fingerprint density at radius 1 is 0.964 bits per heavy atom. The number of hydrogen-bond donors (Lipinski definition) is 1. The second-order valence-electron chi connectivity index (χ2n) is 6.98.